The molecule has 4 nitrogen and oxygen atoms in total. The molecule has 0 aromatic heterocycles. The Balaban J connectivity index is 2.33. The second-order valence-corrected chi connectivity index (χ2v) is 5.08. The molecule has 0 saturated carbocycles. The Morgan fingerprint density at radius 1 is 1.39 bits per heavy atom. The van der Waals surface area contributed by atoms with Crippen LogP contribution in [0.1, 0.15) is 18.1 Å². The van der Waals surface area contributed by atoms with Crippen molar-refractivity contribution in [3.8, 4) is 0 Å². The number of hydrogen-bond acceptors (Lipinski definition) is 3. The van der Waals surface area contributed by atoms with E-state index in [0.717, 1.165) is 12.2 Å². The van der Waals surface area contributed by atoms with Crippen molar-refractivity contribution < 1.29 is 4.79 Å². The summed E-state index contributed by atoms with van der Waals surface area (Å²) in [6, 6.07) is 6.18. The third-order valence-corrected chi connectivity index (χ3v) is 3.58. The molecular formula is C14H21N3O. The molecule has 3 N–H and O–H groups in total. The summed E-state index contributed by atoms with van der Waals surface area (Å²) in [5.41, 5.74) is 9.31. The van der Waals surface area contributed by atoms with Crippen molar-refractivity contribution in [1.82, 2.24) is 5.32 Å². The van der Waals surface area contributed by atoms with Crippen LogP contribution in [0.3, 0.4) is 0 Å². The molecule has 2 unspecified atom stereocenters. The van der Waals surface area contributed by atoms with Gasteiger partial charge in [0.05, 0.1) is 0 Å². The highest BCUT2D eigenvalue weighted by Crippen LogP contribution is 2.22. The van der Waals surface area contributed by atoms with E-state index < -0.39 is 0 Å². The van der Waals surface area contributed by atoms with Crippen molar-refractivity contribution in [2.75, 3.05) is 18.0 Å². The van der Waals surface area contributed by atoms with E-state index in [-0.39, 0.29) is 18.0 Å². The van der Waals surface area contributed by atoms with Crippen LogP contribution >= 0.6 is 0 Å². The lowest BCUT2D eigenvalue weighted by atomic mass is 10.0. The summed E-state index contributed by atoms with van der Waals surface area (Å²) in [6.07, 6.45) is 0. The number of rotatable bonds is 2. The van der Waals surface area contributed by atoms with Crippen LogP contribution in [0.15, 0.2) is 18.2 Å². The molecule has 2 rings (SSSR count). The van der Waals surface area contributed by atoms with Crippen LogP contribution in [0, 0.1) is 13.8 Å². The van der Waals surface area contributed by atoms with Crippen LogP contribution in [-0.2, 0) is 4.79 Å². The lowest BCUT2D eigenvalue weighted by Crippen LogP contribution is -2.61. The SMILES string of the molecule is Cc1ccc(N2CC(C)NC(=O)C2CN)cc1C. The van der Waals surface area contributed by atoms with Gasteiger partial charge in [-0.15, -0.1) is 0 Å². The number of anilines is 1. The van der Waals surface area contributed by atoms with Gasteiger partial charge in [-0.05, 0) is 44.0 Å². The first-order chi connectivity index (χ1) is 8.52. The normalized spacial score (nSPS) is 24.0. The molecule has 1 aromatic rings. The van der Waals surface area contributed by atoms with E-state index in [0.29, 0.717) is 6.54 Å². The molecule has 98 valence electrons. The topological polar surface area (TPSA) is 58.4 Å². The van der Waals surface area contributed by atoms with Crippen LogP contribution in [0.4, 0.5) is 5.69 Å². The van der Waals surface area contributed by atoms with Gasteiger partial charge in [0.15, 0.2) is 0 Å². The molecule has 18 heavy (non-hydrogen) atoms. The first-order valence-electron chi connectivity index (χ1n) is 6.37. The van der Waals surface area contributed by atoms with Gasteiger partial charge < -0.3 is 16.0 Å². The predicted molar refractivity (Wildman–Crippen MR) is 73.7 cm³/mol. The van der Waals surface area contributed by atoms with Crippen molar-refractivity contribution in [1.29, 1.82) is 0 Å². The summed E-state index contributed by atoms with van der Waals surface area (Å²) in [6.45, 7) is 7.33. The van der Waals surface area contributed by atoms with Crippen molar-refractivity contribution in [3.63, 3.8) is 0 Å². The fraction of sp³-hybridized carbons (Fsp3) is 0.500. The van der Waals surface area contributed by atoms with Crippen molar-refractivity contribution in [3.05, 3.63) is 29.3 Å². The van der Waals surface area contributed by atoms with Gasteiger partial charge in [0.2, 0.25) is 5.91 Å². The highest BCUT2D eigenvalue weighted by atomic mass is 16.2. The minimum Gasteiger partial charge on any atom is -0.356 e. The highest BCUT2D eigenvalue weighted by molar-refractivity contribution is 5.87. The van der Waals surface area contributed by atoms with E-state index in [4.69, 9.17) is 5.73 Å². The summed E-state index contributed by atoms with van der Waals surface area (Å²) in [5, 5.41) is 2.95. The maximum absolute atomic E-state index is 11.9. The lowest BCUT2D eigenvalue weighted by Gasteiger charge is -2.39. The molecule has 2 atom stereocenters. The fourth-order valence-corrected chi connectivity index (χ4v) is 2.37. The van der Waals surface area contributed by atoms with Gasteiger partial charge in [0.25, 0.3) is 0 Å². The second-order valence-electron chi connectivity index (χ2n) is 5.08. The zero-order valence-electron chi connectivity index (χ0n) is 11.2. The van der Waals surface area contributed by atoms with Gasteiger partial charge in [0.1, 0.15) is 6.04 Å². The van der Waals surface area contributed by atoms with E-state index in [1.54, 1.807) is 0 Å². The Labute approximate surface area is 108 Å². The second kappa shape index (κ2) is 4.98. The Bertz CT molecular complexity index is 458. The van der Waals surface area contributed by atoms with Crippen molar-refractivity contribution in [2.24, 2.45) is 5.73 Å². The standard InChI is InChI=1S/C14H21N3O/c1-9-4-5-12(6-10(9)2)17-8-11(3)16-14(18)13(17)7-15/h4-6,11,13H,7-8,15H2,1-3H3,(H,16,18). The first kappa shape index (κ1) is 12.9. The summed E-state index contributed by atoms with van der Waals surface area (Å²) in [4.78, 5) is 14.0. The van der Waals surface area contributed by atoms with Crippen molar-refractivity contribution >= 4 is 11.6 Å². The number of nitrogens with two attached hydrogens (primary N) is 1. The summed E-state index contributed by atoms with van der Waals surface area (Å²) >= 11 is 0. The van der Waals surface area contributed by atoms with Crippen LogP contribution in [0.25, 0.3) is 0 Å². The highest BCUT2D eigenvalue weighted by Gasteiger charge is 2.31. The number of carbonyl (C=O) groups is 1. The zero-order chi connectivity index (χ0) is 13.3. The maximum atomic E-state index is 11.9. The number of nitrogens with one attached hydrogen (secondary N) is 1. The lowest BCUT2D eigenvalue weighted by molar-refractivity contribution is -0.123. The summed E-state index contributed by atoms with van der Waals surface area (Å²) < 4.78 is 0. The third-order valence-electron chi connectivity index (χ3n) is 3.58. The quantitative estimate of drug-likeness (QED) is 0.818. The van der Waals surface area contributed by atoms with Crippen LogP contribution in [0.5, 0.6) is 0 Å². The molecule has 0 bridgehead atoms. The predicted octanol–water partition coefficient (Wildman–Crippen LogP) is 0.955. The van der Waals surface area contributed by atoms with E-state index in [9.17, 15) is 4.79 Å². The molecule has 0 spiro atoms. The molecule has 0 aliphatic carbocycles. The van der Waals surface area contributed by atoms with E-state index in [1.165, 1.54) is 11.1 Å². The molecule has 1 aliphatic heterocycles. The number of nitrogens with zero attached hydrogens (tertiary/aromatic N) is 1. The average Bonchev–Trinajstić information content (AvgIpc) is 2.32. The zero-order valence-corrected chi connectivity index (χ0v) is 11.2. The van der Waals surface area contributed by atoms with Gasteiger partial charge in [-0.3, -0.25) is 4.79 Å². The molecule has 1 amide bonds. The summed E-state index contributed by atoms with van der Waals surface area (Å²) in [5.74, 6) is 0.0227. The van der Waals surface area contributed by atoms with E-state index in [1.807, 2.05) is 6.92 Å². The largest absolute Gasteiger partial charge is 0.356 e. The number of aryl methyl sites for hydroxylation is 2. The Kier molecular flexibility index (Phi) is 3.57. The van der Waals surface area contributed by atoms with E-state index >= 15 is 0 Å². The Hall–Kier alpha value is -1.55. The Morgan fingerprint density at radius 2 is 2.11 bits per heavy atom. The number of benzene rings is 1. The van der Waals surface area contributed by atoms with Gasteiger partial charge in [0, 0.05) is 24.8 Å². The molecule has 4 heteroatoms. The van der Waals surface area contributed by atoms with Gasteiger partial charge in [-0.1, -0.05) is 6.07 Å². The van der Waals surface area contributed by atoms with Crippen LogP contribution in [-0.4, -0.2) is 31.1 Å². The number of hydrogen-bond donors (Lipinski definition) is 2. The molecule has 1 fully saturated rings. The van der Waals surface area contributed by atoms with Crippen LogP contribution < -0.4 is 16.0 Å². The fourth-order valence-electron chi connectivity index (χ4n) is 2.37. The minimum absolute atomic E-state index is 0.0227. The van der Waals surface area contributed by atoms with E-state index in [2.05, 4.69) is 42.3 Å². The number of carbonyl (C=O) groups excluding carboxylic acids is 1. The molecular weight excluding hydrogens is 226 g/mol. The van der Waals surface area contributed by atoms with Crippen LogP contribution in [0.2, 0.25) is 0 Å². The smallest absolute Gasteiger partial charge is 0.244 e. The molecule has 0 radical (unpaired) electrons. The molecule has 1 aromatic carbocycles. The third kappa shape index (κ3) is 2.34. The first-order valence-corrected chi connectivity index (χ1v) is 6.37. The van der Waals surface area contributed by atoms with Gasteiger partial charge in [-0.2, -0.15) is 0 Å². The minimum atomic E-state index is -0.261. The maximum Gasteiger partial charge on any atom is 0.244 e. The molecule has 1 saturated heterocycles. The van der Waals surface area contributed by atoms with Gasteiger partial charge in [-0.25, -0.2) is 0 Å². The number of piperazine rings is 1. The van der Waals surface area contributed by atoms with Gasteiger partial charge >= 0.3 is 0 Å². The molecule has 1 heterocycles. The monoisotopic (exact) mass is 247 g/mol. The van der Waals surface area contributed by atoms with Crippen molar-refractivity contribution in [2.45, 2.75) is 32.9 Å². The average molecular weight is 247 g/mol. The Morgan fingerprint density at radius 3 is 2.72 bits per heavy atom. The summed E-state index contributed by atoms with van der Waals surface area (Å²) in [7, 11) is 0. The molecule has 1 aliphatic rings. The number of amides is 1.